The Balaban J connectivity index is 1.91. The van der Waals surface area contributed by atoms with E-state index in [1.807, 2.05) is 0 Å². The lowest BCUT2D eigenvalue weighted by atomic mass is 10.2. The summed E-state index contributed by atoms with van der Waals surface area (Å²) >= 11 is 0. The summed E-state index contributed by atoms with van der Waals surface area (Å²) < 4.78 is 66.7. The first kappa shape index (κ1) is 25.5. The molecule has 3 aromatic rings. The standard InChI is InChI=1S/C23H24FN3O5S2/c1-26(2)33(29,30)21-12-14-22(15-13-21)34(31,32)27(16-18-8-10-19(24)11-9-18)17-23(28)25-20-6-4-3-5-7-20/h3-15H,16-17H2,1-2H3,(H,25,28). The second-order valence-electron chi connectivity index (χ2n) is 7.57. The largest absolute Gasteiger partial charge is 0.325 e. The van der Waals surface area contributed by atoms with E-state index in [1.165, 1.54) is 62.6 Å². The van der Waals surface area contributed by atoms with Gasteiger partial charge in [-0.05, 0) is 54.1 Å². The second-order valence-corrected chi connectivity index (χ2v) is 11.7. The van der Waals surface area contributed by atoms with E-state index in [2.05, 4.69) is 5.32 Å². The van der Waals surface area contributed by atoms with E-state index in [0.29, 0.717) is 11.3 Å². The molecule has 0 fully saturated rings. The van der Waals surface area contributed by atoms with Gasteiger partial charge in [0.2, 0.25) is 26.0 Å². The third-order valence-electron chi connectivity index (χ3n) is 4.89. The van der Waals surface area contributed by atoms with Crippen molar-refractivity contribution < 1.29 is 26.0 Å². The van der Waals surface area contributed by atoms with Crippen molar-refractivity contribution in [1.29, 1.82) is 0 Å². The molecule has 0 aliphatic heterocycles. The van der Waals surface area contributed by atoms with Gasteiger partial charge in [-0.15, -0.1) is 0 Å². The topological polar surface area (TPSA) is 104 Å². The molecule has 3 aromatic carbocycles. The number of benzene rings is 3. The smallest absolute Gasteiger partial charge is 0.243 e. The molecule has 0 saturated heterocycles. The van der Waals surface area contributed by atoms with E-state index in [-0.39, 0.29) is 16.3 Å². The zero-order valence-corrected chi connectivity index (χ0v) is 20.2. The number of carbonyl (C=O) groups is 1. The van der Waals surface area contributed by atoms with E-state index in [1.54, 1.807) is 30.3 Å². The number of hydrogen-bond donors (Lipinski definition) is 1. The SMILES string of the molecule is CN(C)S(=O)(=O)c1ccc(S(=O)(=O)N(CC(=O)Nc2ccccc2)Cc2ccc(F)cc2)cc1. The molecule has 0 aliphatic carbocycles. The number of halogens is 1. The van der Waals surface area contributed by atoms with E-state index >= 15 is 0 Å². The predicted molar refractivity (Wildman–Crippen MR) is 126 cm³/mol. The Bertz CT molecular complexity index is 1340. The Labute approximate surface area is 198 Å². The summed E-state index contributed by atoms with van der Waals surface area (Å²) in [6.45, 7) is -0.699. The van der Waals surface area contributed by atoms with Crippen molar-refractivity contribution in [2.24, 2.45) is 0 Å². The lowest BCUT2D eigenvalue weighted by Crippen LogP contribution is -2.37. The van der Waals surface area contributed by atoms with Crippen molar-refractivity contribution in [2.75, 3.05) is 26.0 Å². The Morgan fingerprint density at radius 1 is 0.794 bits per heavy atom. The molecule has 0 aromatic heterocycles. The zero-order valence-electron chi connectivity index (χ0n) is 18.5. The summed E-state index contributed by atoms with van der Waals surface area (Å²) in [5.41, 5.74) is 0.981. The molecule has 34 heavy (non-hydrogen) atoms. The molecule has 0 saturated carbocycles. The number of para-hydroxylation sites is 1. The van der Waals surface area contributed by atoms with Crippen LogP contribution < -0.4 is 5.32 Å². The van der Waals surface area contributed by atoms with Crippen molar-refractivity contribution in [3.05, 3.63) is 90.2 Å². The van der Waals surface area contributed by atoms with Crippen LogP contribution in [0.2, 0.25) is 0 Å². The first-order valence-corrected chi connectivity index (χ1v) is 13.0. The zero-order chi connectivity index (χ0) is 24.9. The summed E-state index contributed by atoms with van der Waals surface area (Å²) in [6, 6.07) is 18.6. The molecule has 11 heteroatoms. The average molecular weight is 506 g/mol. The number of carbonyl (C=O) groups excluding carboxylic acids is 1. The van der Waals surface area contributed by atoms with Gasteiger partial charge in [0.15, 0.2) is 0 Å². The number of amides is 1. The van der Waals surface area contributed by atoms with Crippen LogP contribution in [0.1, 0.15) is 5.56 Å². The quantitative estimate of drug-likeness (QED) is 0.482. The fraction of sp³-hybridized carbons (Fsp3) is 0.174. The monoisotopic (exact) mass is 505 g/mol. The highest BCUT2D eigenvalue weighted by molar-refractivity contribution is 7.89. The molecule has 180 valence electrons. The van der Waals surface area contributed by atoms with Gasteiger partial charge in [0.1, 0.15) is 5.82 Å². The lowest BCUT2D eigenvalue weighted by molar-refractivity contribution is -0.116. The summed E-state index contributed by atoms with van der Waals surface area (Å²) in [5.74, 6) is -1.04. The van der Waals surface area contributed by atoms with Gasteiger partial charge in [-0.25, -0.2) is 25.5 Å². The average Bonchev–Trinajstić information content (AvgIpc) is 2.80. The number of rotatable bonds is 9. The van der Waals surface area contributed by atoms with Gasteiger partial charge in [-0.3, -0.25) is 4.79 Å². The third kappa shape index (κ3) is 6.06. The van der Waals surface area contributed by atoms with Gasteiger partial charge >= 0.3 is 0 Å². The molecule has 0 radical (unpaired) electrons. The maximum absolute atomic E-state index is 13.4. The van der Waals surface area contributed by atoms with Crippen molar-refractivity contribution in [3.63, 3.8) is 0 Å². The van der Waals surface area contributed by atoms with Crippen LogP contribution in [0.15, 0.2) is 88.7 Å². The molecule has 1 amide bonds. The fourth-order valence-electron chi connectivity index (χ4n) is 3.04. The minimum absolute atomic E-state index is 0.0663. The molecule has 0 unspecified atom stereocenters. The Kier molecular flexibility index (Phi) is 7.82. The molecule has 8 nitrogen and oxygen atoms in total. The van der Waals surface area contributed by atoms with Crippen LogP contribution in [0.3, 0.4) is 0 Å². The van der Waals surface area contributed by atoms with E-state index in [0.717, 1.165) is 8.61 Å². The van der Waals surface area contributed by atoms with Crippen LogP contribution in [0.5, 0.6) is 0 Å². The highest BCUT2D eigenvalue weighted by Crippen LogP contribution is 2.22. The van der Waals surface area contributed by atoms with Crippen LogP contribution in [0.25, 0.3) is 0 Å². The van der Waals surface area contributed by atoms with Crippen LogP contribution in [-0.4, -0.2) is 52.0 Å². The summed E-state index contributed by atoms with van der Waals surface area (Å²) in [7, 11) is -5.21. The maximum atomic E-state index is 13.4. The van der Waals surface area contributed by atoms with Gasteiger partial charge in [-0.2, -0.15) is 4.31 Å². The number of hydrogen-bond acceptors (Lipinski definition) is 5. The molecule has 0 aliphatic rings. The number of nitrogens with one attached hydrogen (secondary N) is 1. The van der Waals surface area contributed by atoms with Gasteiger partial charge in [0.25, 0.3) is 0 Å². The van der Waals surface area contributed by atoms with Gasteiger partial charge in [0.05, 0.1) is 16.3 Å². The fourth-order valence-corrected chi connectivity index (χ4v) is 5.33. The minimum atomic E-state index is -4.21. The Hall–Kier alpha value is -3.12. The first-order chi connectivity index (χ1) is 16.0. The van der Waals surface area contributed by atoms with Crippen molar-refractivity contribution in [3.8, 4) is 0 Å². The highest BCUT2D eigenvalue weighted by Gasteiger charge is 2.28. The lowest BCUT2D eigenvalue weighted by Gasteiger charge is -2.22. The number of nitrogens with zero attached hydrogens (tertiary/aromatic N) is 2. The Morgan fingerprint density at radius 2 is 1.32 bits per heavy atom. The summed E-state index contributed by atoms with van der Waals surface area (Å²) in [4.78, 5) is 12.4. The minimum Gasteiger partial charge on any atom is -0.325 e. The van der Waals surface area contributed by atoms with Crippen LogP contribution in [0.4, 0.5) is 10.1 Å². The van der Waals surface area contributed by atoms with Crippen LogP contribution in [0, 0.1) is 5.82 Å². The summed E-state index contributed by atoms with van der Waals surface area (Å²) in [5, 5.41) is 2.64. The molecular formula is C23H24FN3O5S2. The molecule has 0 atom stereocenters. The molecule has 0 spiro atoms. The first-order valence-electron chi connectivity index (χ1n) is 10.1. The van der Waals surface area contributed by atoms with Gasteiger partial charge < -0.3 is 5.32 Å². The second kappa shape index (κ2) is 10.4. The van der Waals surface area contributed by atoms with Crippen molar-refractivity contribution in [2.45, 2.75) is 16.3 Å². The molecule has 1 N–H and O–H groups in total. The number of anilines is 1. The van der Waals surface area contributed by atoms with Gasteiger partial charge in [0, 0.05) is 26.3 Å². The van der Waals surface area contributed by atoms with E-state index in [9.17, 15) is 26.0 Å². The Morgan fingerprint density at radius 3 is 1.85 bits per heavy atom. The maximum Gasteiger partial charge on any atom is 0.243 e. The van der Waals surface area contributed by atoms with Crippen LogP contribution >= 0.6 is 0 Å². The summed E-state index contributed by atoms with van der Waals surface area (Å²) in [6.07, 6.45) is 0. The van der Waals surface area contributed by atoms with Crippen LogP contribution in [-0.2, 0) is 31.4 Å². The normalized spacial score (nSPS) is 12.1. The number of sulfonamides is 2. The van der Waals surface area contributed by atoms with Crippen molar-refractivity contribution in [1.82, 2.24) is 8.61 Å². The van der Waals surface area contributed by atoms with E-state index < -0.39 is 38.3 Å². The predicted octanol–water partition coefficient (Wildman–Crippen LogP) is 2.91. The van der Waals surface area contributed by atoms with Gasteiger partial charge in [-0.1, -0.05) is 30.3 Å². The third-order valence-corrected chi connectivity index (χ3v) is 8.53. The molecule has 3 rings (SSSR count). The van der Waals surface area contributed by atoms with Crippen molar-refractivity contribution >= 4 is 31.6 Å². The molecule has 0 heterocycles. The molecule has 0 bridgehead atoms. The highest BCUT2D eigenvalue weighted by atomic mass is 32.2. The molecular weight excluding hydrogens is 481 g/mol. The van der Waals surface area contributed by atoms with E-state index in [4.69, 9.17) is 0 Å².